The maximum Gasteiger partial charge on any atom is 0.253 e. The zero-order valence-electron chi connectivity index (χ0n) is 15.4. The van der Waals surface area contributed by atoms with Crippen LogP contribution in [0.15, 0.2) is 29.6 Å². The number of thiazole rings is 1. The van der Waals surface area contributed by atoms with E-state index in [0.29, 0.717) is 31.9 Å². The summed E-state index contributed by atoms with van der Waals surface area (Å²) in [5, 5.41) is 3.03. The summed E-state index contributed by atoms with van der Waals surface area (Å²) in [5.41, 5.74) is 1.61. The van der Waals surface area contributed by atoms with Gasteiger partial charge >= 0.3 is 0 Å². The fraction of sp³-hybridized carbons (Fsp3) is 0.500. The maximum absolute atomic E-state index is 12.8. The van der Waals surface area contributed by atoms with Crippen LogP contribution >= 0.6 is 11.3 Å². The molecule has 2 saturated heterocycles. The maximum atomic E-state index is 12.8. The van der Waals surface area contributed by atoms with Crippen LogP contribution in [0.25, 0.3) is 0 Å². The Morgan fingerprint density at radius 1 is 1.30 bits per heavy atom. The lowest BCUT2D eigenvalue weighted by atomic mass is 9.96. The van der Waals surface area contributed by atoms with Crippen molar-refractivity contribution in [2.24, 2.45) is 5.92 Å². The largest absolute Gasteiger partial charge is 0.487 e. The molecule has 144 valence electrons. The van der Waals surface area contributed by atoms with E-state index in [-0.39, 0.29) is 18.1 Å². The number of amides is 1. The third-order valence-electron chi connectivity index (χ3n) is 4.93. The number of piperidine rings is 1. The van der Waals surface area contributed by atoms with Gasteiger partial charge < -0.3 is 19.1 Å². The molecule has 0 bridgehead atoms. The van der Waals surface area contributed by atoms with Gasteiger partial charge in [0.05, 0.1) is 23.9 Å². The fourth-order valence-corrected chi connectivity index (χ4v) is 4.17. The van der Waals surface area contributed by atoms with E-state index >= 15 is 0 Å². The highest BCUT2D eigenvalue weighted by Crippen LogP contribution is 2.26. The molecule has 1 aromatic heterocycles. The van der Waals surface area contributed by atoms with Crippen molar-refractivity contribution < 1.29 is 19.0 Å². The van der Waals surface area contributed by atoms with E-state index in [2.05, 4.69) is 4.98 Å². The molecule has 1 aromatic carbocycles. The molecule has 1 amide bonds. The topological polar surface area (TPSA) is 60.9 Å². The molecule has 0 radical (unpaired) electrons. The third-order valence-corrected chi connectivity index (χ3v) is 5.75. The summed E-state index contributed by atoms with van der Waals surface area (Å²) >= 11 is 1.61. The molecule has 4 rings (SSSR count). The second kappa shape index (κ2) is 8.37. The third kappa shape index (κ3) is 4.48. The van der Waals surface area contributed by atoms with Gasteiger partial charge in [-0.05, 0) is 44.0 Å². The van der Waals surface area contributed by atoms with Gasteiger partial charge in [-0.3, -0.25) is 4.79 Å². The number of ether oxygens (including phenoxy) is 3. The van der Waals surface area contributed by atoms with Crippen LogP contribution in [0.2, 0.25) is 0 Å². The van der Waals surface area contributed by atoms with Crippen LogP contribution in [0.3, 0.4) is 0 Å². The van der Waals surface area contributed by atoms with Crippen LogP contribution in [0.1, 0.15) is 33.9 Å². The molecule has 1 atom stereocenters. The minimum Gasteiger partial charge on any atom is -0.487 e. The van der Waals surface area contributed by atoms with E-state index < -0.39 is 0 Å². The van der Waals surface area contributed by atoms with Crippen LogP contribution in [-0.2, 0) is 16.1 Å². The second-order valence-electron chi connectivity index (χ2n) is 6.93. The number of hydrogen-bond acceptors (Lipinski definition) is 6. The molecular weight excluding hydrogens is 364 g/mol. The number of carbonyl (C=O) groups is 1. The molecule has 0 spiro atoms. The summed E-state index contributed by atoms with van der Waals surface area (Å²) in [5.74, 6) is 1.05. The highest BCUT2D eigenvalue weighted by Gasteiger charge is 2.33. The van der Waals surface area contributed by atoms with Crippen molar-refractivity contribution in [1.82, 2.24) is 9.88 Å². The van der Waals surface area contributed by atoms with Gasteiger partial charge in [-0.15, -0.1) is 11.3 Å². The van der Waals surface area contributed by atoms with E-state index in [9.17, 15) is 4.79 Å². The summed E-state index contributed by atoms with van der Waals surface area (Å²) in [4.78, 5) is 19.1. The fourth-order valence-electron chi connectivity index (χ4n) is 3.57. The molecule has 0 saturated carbocycles. The summed E-state index contributed by atoms with van der Waals surface area (Å²) in [6, 6.07) is 7.35. The van der Waals surface area contributed by atoms with Crippen LogP contribution in [0.4, 0.5) is 0 Å². The smallest absolute Gasteiger partial charge is 0.253 e. The Morgan fingerprint density at radius 2 is 2.07 bits per heavy atom. The van der Waals surface area contributed by atoms with Crippen LogP contribution < -0.4 is 4.74 Å². The SMILES string of the molecule is Cc1nc(COc2ccc(C(=O)N3CCCC(C4OCCO4)C3)cc2)cs1. The van der Waals surface area contributed by atoms with E-state index in [1.807, 2.05) is 41.5 Å². The first-order valence-electron chi connectivity index (χ1n) is 9.35. The van der Waals surface area contributed by atoms with Crippen molar-refractivity contribution in [3.63, 3.8) is 0 Å². The molecular formula is C20H24N2O4S. The number of aromatic nitrogens is 1. The normalized spacial score (nSPS) is 20.8. The second-order valence-corrected chi connectivity index (χ2v) is 8.00. The van der Waals surface area contributed by atoms with Crippen molar-refractivity contribution in [1.29, 1.82) is 0 Å². The zero-order chi connectivity index (χ0) is 18.6. The van der Waals surface area contributed by atoms with Crippen molar-refractivity contribution in [3.8, 4) is 5.75 Å². The average Bonchev–Trinajstić information content (AvgIpc) is 3.38. The van der Waals surface area contributed by atoms with E-state index in [1.165, 1.54) is 0 Å². The first-order chi connectivity index (χ1) is 13.2. The Balaban J connectivity index is 1.34. The number of rotatable bonds is 5. The predicted octanol–water partition coefficient (Wildman–Crippen LogP) is 3.26. The van der Waals surface area contributed by atoms with E-state index in [1.54, 1.807) is 11.3 Å². The molecule has 2 aliphatic rings. The summed E-state index contributed by atoms with van der Waals surface area (Å²) in [6.45, 7) is 5.18. The van der Waals surface area contributed by atoms with Crippen LogP contribution in [0, 0.1) is 12.8 Å². The van der Waals surface area contributed by atoms with Gasteiger partial charge in [0.1, 0.15) is 12.4 Å². The van der Waals surface area contributed by atoms with Gasteiger partial charge in [-0.25, -0.2) is 4.98 Å². The Morgan fingerprint density at radius 3 is 2.78 bits per heavy atom. The number of nitrogens with zero attached hydrogens (tertiary/aromatic N) is 2. The average molecular weight is 388 g/mol. The van der Waals surface area contributed by atoms with E-state index in [4.69, 9.17) is 14.2 Å². The quantitative estimate of drug-likeness (QED) is 0.787. The molecule has 7 heteroatoms. The summed E-state index contributed by atoms with van der Waals surface area (Å²) in [7, 11) is 0. The Bertz CT molecular complexity index is 771. The summed E-state index contributed by atoms with van der Waals surface area (Å²) in [6.07, 6.45) is 1.86. The van der Waals surface area contributed by atoms with Crippen LogP contribution in [0.5, 0.6) is 5.75 Å². The highest BCUT2D eigenvalue weighted by molar-refractivity contribution is 7.09. The van der Waals surface area contributed by atoms with Crippen molar-refractivity contribution in [2.45, 2.75) is 32.7 Å². The number of aryl methyl sites for hydroxylation is 1. The standard InChI is InChI=1S/C20H24N2O4S/c1-14-21-17(13-27-14)12-26-18-6-4-15(5-7-18)19(23)22-8-2-3-16(11-22)20-24-9-10-25-20/h4-7,13,16,20H,2-3,8-12H2,1H3. The van der Waals surface area contributed by atoms with Crippen molar-refractivity contribution in [2.75, 3.05) is 26.3 Å². The van der Waals surface area contributed by atoms with Crippen molar-refractivity contribution in [3.05, 3.63) is 45.9 Å². The predicted molar refractivity (Wildman–Crippen MR) is 102 cm³/mol. The van der Waals surface area contributed by atoms with Gasteiger partial charge in [0.2, 0.25) is 0 Å². The molecule has 27 heavy (non-hydrogen) atoms. The molecule has 3 heterocycles. The lowest BCUT2D eigenvalue weighted by molar-refractivity contribution is -0.0969. The lowest BCUT2D eigenvalue weighted by Crippen LogP contribution is -2.43. The van der Waals surface area contributed by atoms with Gasteiger partial charge in [0, 0.05) is 30.0 Å². The Kier molecular flexibility index (Phi) is 5.71. The zero-order valence-corrected chi connectivity index (χ0v) is 16.2. The van der Waals surface area contributed by atoms with Gasteiger partial charge in [-0.1, -0.05) is 0 Å². The Labute approximate surface area is 163 Å². The minimum atomic E-state index is -0.161. The molecule has 0 N–H and O–H groups in total. The molecule has 2 aliphatic heterocycles. The summed E-state index contributed by atoms with van der Waals surface area (Å²) < 4.78 is 17.0. The highest BCUT2D eigenvalue weighted by atomic mass is 32.1. The molecule has 2 aromatic rings. The number of benzene rings is 1. The molecule has 6 nitrogen and oxygen atoms in total. The monoisotopic (exact) mass is 388 g/mol. The molecule has 2 fully saturated rings. The van der Waals surface area contributed by atoms with E-state index in [0.717, 1.165) is 35.8 Å². The van der Waals surface area contributed by atoms with Gasteiger partial charge in [0.15, 0.2) is 6.29 Å². The molecule has 1 unspecified atom stereocenters. The van der Waals surface area contributed by atoms with Crippen LogP contribution in [-0.4, -0.2) is 48.4 Å². The first-order valence-corrected chi connectivity index (χ1v) is 10.2. The van der Waals surface area contributed by atoms with Gasteiger partial charge in [-0.2, -0.15) is 0 Å². The van der Waals surface area contributed by atoms with Crippen molar-refractivity contribution >= 4 is 17.2 Å². The number of carbonyl (C=O) groups excluding carboxylic acids is 1. The number of hydrogen-bond donors (Lipinski definition) is 0. The Hall–Kier alpha value is -1.96. The van der Waals surface area contributed by atoms with Gasteiger partial charge in [0.25, 0.3) is 5.91 Å². The first kappa shape index (κ1) is 18.4. The molecule has 0 aliphatic carbocycles. The number of likely N-dealkylation sites (tertiary alicyclic amines) is 1. The minimum absolute atomic E-state index is 0.0550. The lowest BCUT2D eigenvalue weighted by Gasteiger charge is -2.34.